The molecule has 1 N–H and O–H groups in total. The highest BCUT2D eigenvalue weighted by Gasteiger charge is 2.26. The van der Waals surface area contributed by atoms with E-state index in [9.17, 15) is 4.79 Å². The highest BCUT2D eigenvalue weighted by Crippen LogP contribution is 2.21. The zero-order valence-electron chi connectivity index (χ0n) is 11.4. The summed E-state index contributed by atoms with van der Waals surface area (Å²) in [6.07, 6.45) is 3.87. The van der Waals surface area contributed by atoms with Gasteiger partial charge in [-0.05, 0) is 38.8 Å². The average molecular weight is 242 g/mol. The number of esters is 1. The lowest BCUT2D eigenvalue weighted by molar-refractivity contribution is -0.141. The molecule has 1 heterocycles. The van der Waals surface area contributed by atoms with Crippen LogP contribution >= 0.6 is 0 Å². The summed E-state index contributed by atoms with van der Waals surface area (Å²) in [4.78, 5) is 13.7. The van der Waals surface area contributed by atoms with Crippen LogP contribution in [0.4, 0.5) is 0 Å². The van der Waals surface area contributed by atoms with E-state index in [4.69, 9.17) is 4.74 Å². The first-order valence-electron chi connectivity index (χ1n) is 6.66. The van der Waals surface area contributed by atoms with Crippen molar-refractivity contribution < 1.29 is 9.53 Å². The normalized spacial score (nSPS) is 25.8. The molecule has 1 saturated heterocycles. The molecule has 2 atom stereocenters. The first kappa shape index (κ1) is 14.5. The molecule has 4 nitrogen and oxygen atoms in total. The number of nitrogens with zero attached hydrogens (tertiary/aromatic N) is 1. The van der Waals surface area contributed by atoms with Gasteiger partial charge in [-0.25, -0.2) is 0 Å². The monoisotopic (exact) mass is 242 g/mol. The minimum atomic E-state index is -0.0846. The molecule has 1 fully saturated rings. The van der Waals surface area contributed by atoms with Crippen molar-refractivity contribution >= 4 is 5.97 Å². The van der Waals surface area contributed by atoms with Crippen molar-refractivity contribution in [3.63, 3.8) is 0 Å². The number of likely N-dealkylation sites (tertiary alicyclic amines) is 1. The van der Waals surface area contributed by atoms with Crippen LogP contribution in [0.3, 0.4) is 0 Å². The zero-order valence-corrected chi connectivity index (χ0v) is 11.4. The Hall–Kier alpha value is -0.610. The Balaban J connectivity index is 2.39. The molecule has 0 amide bonds. The van der Waals surface area contributed by atoms with Crippen LogP contribution in [0.25, 0.3) is 0 Å². The predicted molar refractivity (Wildman–Crippen MR) is 68.9 cm³/mol. The summed E-state index contributed by atoms with van der Waals surface area (Å²) in [7, 11) is 3.49. The summed E-state index contributed by atoms with van der Waals surface area (Å²) in [6.45, 7) is 5.64. The molecule has 0 saturated carbocycles. The van der Waals surface area contributed by atoms with Gasteiger partial charge in [0.25, 0.3) is 0 Å². The van der Waals surface area contributed by atoms with E-state index in [1.807, 2.05) is 7.05 Å². The van der Waals surface area contributed by atoms with Gasteiger partial charge in [-0.3, -0.25) is 4.79 Å². The molecule has 100 valence electrons. The maximum atomic E-state index is 11.2. The summed E-state index contributed by atoms with van der Waals surface area (Å²) >= 11 is 0. The van der Waals surface area contributed by atoms with Crippen molar-refractivity contribution in [1.29, 1.82) is 0 Å². The minimum Gasteiger partial charge on any atom is -0.469 e. The van der Waals surface area contributed by atoms with Gasteiger partial charge in [0.15, 0.2) is 0 Å². The molecule has 1 aliphatic rings. The van der Waals surface area contributed by atoms with Gasteiger partial charge in [-0.1, -0.05) is 6.92 Å². The minimum absolute atomic E-state index is 0.0846. The average Bonchev–Trinajstić information content (AvgIpc) is 2.36. The Bertz CT molecular complexity index is 233. The van der Waals surface area contributed by atoms with Crippen LogP contribution in [-0.2, 0) is 9.53 Å². The molecule has 1 aliphatic heterocycles. The van der Waals surface area contributed by atoms with Gasteiger partial charge in [-0.15, -0.1) is 0 Å². The Morgan fingerprint density at radius 1 is 1.47 bits per heavy atom. The predicted octanol–water partition coefficient (Wildman–Crippen LogP) is 1.26. The Morgan fingerprint density at radius 3 is 2.82 bits per heavy atom. The lowest BCUT2D eigenvalue weighted by Gasteiger charge is -2.37. The van der Waals surface area contributed by atoms with Gasteiger partial charge in [0.2, 0.25) is 0 Å². The molecule has 2 unspecified atom stereocenters. The number of piperidine rings is 1. The maximum Gasteiger partial charge on any atom is 0.305 e. The molecule has 0 radical (unpaired) electrons. The SMILES string of the molecule is CCCN1CC(CCC(=O)OC)CC(NC)C1. The van der Waals surface area contributed by atoms with Crippen molar-refractivity contribution in [3.05, 3.63) is 0 Å². The number of rotatable bonds is 6. The first-order chi connectivity index (χ1) is 8.19. The Morgan fingerprint density at radius 2 is 2.24 bits per heavy atom. The van der Waals surface area contributed by atoms with Crippen LogP contribution in [-0.4, -0.2) is 50.7 Å². The van der Waals surface area contributed by atoms with Crippen LogP contribution < -0.4 is 5.32 Å². The molecular weight excluding hydrogens is 216 g/mol. The van der Waals surface area contributed by atoms with Crippen LogP contribution in [0.5, 0.6) is 0 Å². The summed E-state index contributed by atoms with van der Waals surface area (Å²) in [5.74, 6) is 0.533. The van der Waals surface area contributed by atoms with E-state index >= 15 is 0 Å². The number of likely N-dealkylation sites (N-methyl/N-ethyl adjacent to an activating group) is 1. The topological polar surface area (TPSA) is 41.6 Å². The van der Waals surface area contributed by atoms with Gasteiger partial charge in [0.1, 0.15) is 0 Å². The molecular formula is C13H26N2O2. The van der Waals surface area contributed by atoms with E-state index in [1.165, 1.54) is 20.0 Å². The largest absolute Gasteiger partial charge is 0.469 e. The molecule has 1 rings (SSSR count). The molecule has 0 aromatic carbocycles. The van der Waals surface area contributed by atoms with E-state index in [0.717, 1.165) is 26.1 Å². The fraction of sp³-hybridized carbons (Fsp3) is 0.923. The fourth-order valence-electron chi connectivity index (χ4n) is 2.64. The third kappa shape index (κ3) is 5.04. The summed E-state index contributed by atoms with van der Waals surface area (Å²) in [5, 5.41) is 3.37. The second-order valence-electron chi connectivity index (χ2n) is 4.96. The maximum absolute atomic E-state index is 11.2. The van der Waals surface area contributed by atoms with Crippen molar-refractivity contribution in [1.82, 2.24) is 10.2 Å². The Labute approximate surface area is 105 Å². The van der Waals surface area contributed by atoms with Crippen LogP contribution in [0.15, 0.2) is 0 Å². The molecule has 0 bridgehead atoms. The molecule has 17 heavy (non-hydrogen) atoms. The Kier molecular flexibility index (Phi) is 6.52. The van der Waals surface area contributed by atoms with Crippen LogP contribution in [0.2, 0.25) is 0 Å². The van der Waals surface area contributed by atoms with E-state index < -0.39 is 0 Å². The number of hydrogen-bond donors (Lipinski definition) is 1. The quantitative estimate of drug-likeness (QED) is 0.712. The summed E-state index contributed by atoms with van der Waals surface area (Å²) in [6, 6.07) is 0.568. The smallest absolute Gasteiger partial charge is 0.305 e. The first-order valence-corrected chi connectivity index (χ1v) is 6.66. The highest BCUT2D eigenvalue weighted by molar-refractivity contribution is 5.69. The standard InChI is InChI=1S/C13H26N2O2/c1-4-7-15-9-11(5-6-13(16)17-3)8-12(10-15)14-2/h11-12,14H,4-10H2,1-3H3. The highest BCUT2D eigenvalue weighted by atomic mass is 16.5. The molecule has 0 aromatic heterocycles. The molecule has 0 spiro atoms. The van der Waals surface area contributed by atoms with Crippen molar-refractivity contribution in [2.45, 2.75) is 38.6 Å². The fourth-order valence-corrected chi connectivity index (χ4v) is 2.64. The van der Waals surface area contributed by atoms with E-state index in [0.29, 0.717) is 18.4 Å². The number of carbonyl (C=O) groups is 1. The molecule has 0 aromatic rings. The van der Waals surface area contributed by atoms with E-state index in [-0.39, 0.29) is 5.97 Å². The second-order valence-corrected chi connectivity index (χ2v) is 4.96. The lowest BCUT2D eigenvalue weighted by Crippen LogP contribution is -2.48. The van der Waals surface area contributed by atoms with Crippen molar-refractivity contribution in [2.75, 3.05) is 33.8 Å². The van der Waals surface area contributed by atoms with Gasteiger partial charge < -0.3 is 15.0 Å². The number of nitrogens with one attached hydrogen (secondary N) is 1. The van der Waals surface area contributed by atoms with Gasteiger partial charge in [-0.2, -0.15) is 0 Å². The van der Waals surface area contributed by atoms with Crippen LogP contribution in [0, 0.1) is 5.92 Å². The van der Waals surface area contributed by atoms with Gasteiger partial charge in [0.05, 0.1) is 7.11 Å². The van der Waals surface area contributed by atoms with E-state index in [2.05, 4.69) is 17.1 Å². The summed E-state index contributed by atoms with van der Waals surface area (Å²) < 4.78 is 4.70. The third-order valence-electron chi connectivity index (χ3n) is 3.55. The number of carbonyl (C=O) groups excluding carboxylic acids is 1. The molecule has 4 heteroatoms. The number of hydrogen-bond acceptors (Lipinski definition) is 4. The van der Waals surface area contributed by atoms with Gasteiger partial charge >= 0.3 is 5.97 Å². The lowest BCUT2D eigenvalue weighted by atomic mass is 9.90. The van der Waals surface area contributed by atoms with Crippen molar-refractivity contribution in [2.24, 2.45) is 5.92 Å². The second kappa shape index (κ2) is 7.67. The zero-order chi connectivity index (χ0) is 12.7. The molecule has 0 aliphatic carbocycles. The van der Waals surface area contributed by atoms with Crippen molar-refractivity contribution in [3.8, 4) is 0 Å². The number of ether oxygens (including phenoxy) is 1. The van der Waals surface area contributed by atoms with Gasteiger partial charge in [0, 0.05) is 25.6 Å². The van der Waals surface area contributed by atoms with Crippen LogP contribution in [0.1, 0.15) is 32.6 Å². The number of methoxy groups -OCH3 is 1. The van der Waals surface area contributed by atoms with E-state index in [1.54, 1.807) is 0 Å². The third-order valence-corrected chi connectivity index (χ3v) is 3.55. The summed E-state index contributed by atoms with van der Waals surface area (Å²) in [5.41, 5.74) is 0.